The summed E-state index contributed by atoms with van der Waals surface area (Å²) in [6.07, 6.45) is 0. The minimum atomic E-state index is -0.272. The Morgan fingerprint density at radius 2 is 1.95 bits per heavy atom. The molecule has 2 heterocycles. The lowest BCUT2D eigenvalue weighted by Crippen LogP contribution is -1.97. The van der Waals surface area contributed by atoms with Gasteiger partial charge in [-0.3, -0.25) is 0 Å². The fourth-order valence-electron chi connectivity index (χ4n) is 1.89. The lowest BCUT2D eigenvalue weighted by atomic mass is 10.1. The van der Waals surface area contributed by atoms with Gasteiger partial charge in [0.05, 0.1) is 15.0 Å². The molecule has 19 heavy (non-hydrogen) atoms. The van der Waals surface area contributed by atoms with Gasteiger partial charge in [-0.1, -0.05) is 11.6 Å². The molecule has 0 bridgehead atoms. The normalized spacial score (nSPS) is 11.2. The zero-order valence-corrected chi connectivity index (χ0v) is 12.8. The number of aryl methyl sites for hydroxylation is 1. The third-order valence-electron chi connectivity index (χ3n) is 2.80. The van der Waals surface area contributed by atoms with Crippen LogP contribution >= 0.6 is 34.2 Å². The van der Waals surface area contributed by atoms with Gasteiger partial charge in [0.25, 0.3) is 0 Å². The molecule has 6 heteroatoms. The molecule has 0 saturated carbocycles. The summed E-state index contributed by atoms with van der Waals surface area (Å²) in [7, 11) is 0. The van der Waals surface area contributed by atoms with Crippen molar-refractivity contribution in [2.45, 2.75) is 6.92 Å². The van der Waals surface area contributed by atoms with Crippen molar-refractivity contribution in [2.75, 3.05) is 0 Å². The average molecular weight is 388 g/mol. The van der Waals surface area contributed by atoms with Crippen LogP contribution in [0.4, 0.5) is 4.39 Å². The van der Waals surface area contributed by atoms with E-state index < -0.39 is 0 Å². The zero-order chi connectivity index (χ0) is 13.6. The van der Waals surface area contributed by atoms with E-state index in [1.165, 1.54) is 12.1 Å². The Labute approximate surface area is 127 Å². The number of rotatable bonds is 1. The summed E-state index contributed by atoms with van der Waals surface area (Å²) in [5.74, 6) is -0.272. The van der Waals surface area contributed by atoms with E-state index in [0.29, 0.717) is 10.8 Å². The smallest absolute Gasteiger partial charge is 0.170 e. The van der Waals surface area contributed by atoms with Crippen molar-refractivity contribution in [3.8, 4) is 11.3 Å². The highest BCUT2D eigenvalue weighted by atomic mass is 127. The van der Waals surface area contributed by atoms with Crippen LogP contribution in [-0.4, -0.2) is 14.6 Å². The van der Waals surface area contributed by atoms with Gasteiger partial charge in [-0.25, -0.2) is 13.9 Å². The van der Waals surface area contributed by atoms with Gasteiger partial charge in [-0.15, -0.1) is 0 Å². The van der Waals surface area contributed by atoms with Crippen LogP contribution in [0.5, 0.6) is 0 Å². The molecule has 0 saturated heterocycles. The molecule has 3 rings (SSSR count). The quantitative estimate of drug-likeness (QED) is 0.465. The highest BCUT2D eigenvalue weighted by molar-refractivity contribution is 14.1. The third kappa shape index (κ3) is 2.21. The van der Waals surface area contributed by atoms with Crippen LogP contribution < -0.4 is 0 Å². The average Bonchev–Trinajstić information content (AvgIpc) is 2.66. The predicted octanol–water partition coefficient (Wildman–Crippen LogP) is 4.10. The fourth-order valence-corrected chi connectivity index (χ4v) is 2.53. The van der Waals surface area contributed by atoms with Crippen LogP contribution in [-0.2, 0) is 0 Å². The molecule has 0 amide bonds. The first-order chi connectivity index (χ1) is 9.06. The molecule has 0 aliphatic heterocycles. The van der Waals surface area contributed by atoms with E-state index in [-0.39, 0.29) is 5.82 Å². The van der Waals surface area contributed by atoms with E-state index in [4.69, 9.17) is 11.6 Å². The summed E-state index contributed by atoms with van der Waals surface area (Å²) in [6, 6.07) is 7.95. The highest BCUT2D eigenvalue weighted by Gasteiger charge is 2.13. The number of aromatic nitrogens is 3. The number of hydrogen-bond acceptors (Lipinski definition) is 2. The maximum Gasteiger partial charge on any atom is 0.170 e. The van der Waals surface area contributed by atoms with E-state index in [0.717, 1.165) is 20.5 Å². The molecule has 0 atom stereocenters. The van der Waals surface area contributed by atoms with Crippen molar-refractivity contribution in [1.82, 2.24) is 14.6 Å². The molecular weight excluding hydrogens is 380 g/mol. The largest absolute Gasteiger partial charge is 0.216 e. The van der Waals surface area contributed by atoms with Crippen LogP contribution in [0.15, 0.2) is 30.3 Å². The van der Waals surface area contributed by atoms with Crippen LogP contribution in [0.3, 0.4) is 0 Å². The molecule has 0 aliphatic rings. The number of halogens is 3. The summed E-state index contributed by atoms with van der Waals surface area (Å²) < 4.78 is 15.7. The van der Waals surface area contributed by atoms with Crippen molar-refractivity contribution < 1.29 is 4.39 Å². The second-order valence-corrected chi connectivity index (χ2v) is 5.57. The van der Waals surface area contributed by atoms with Gasteiger partial charge in [-0.05, 0) is 53.8 Å². The van der Waals surface area contributed by atoms with Crippen molar-refractivity contribution in [1.29, 1.82) is 0 Å². The predicted molar refractivity (Wildman–Crippen MR) is 80.8 cm³/mol. The third-order valence-corrected chi connectivity index (χ3v) is 4.26. The van der Waals surface area contributed by atoms with Gasteiger partial charge >= 0.3 is 0 Å². The van der Waals surface area contributed by atoms with Crippen molar-refractivity contribution in [2.24, 2.45) is 0 Å². The van der Waals surface area contributed by atoms with Gasteiger partial charge in [0.15, 0.2) is 5.65 Å². The summed E-state index contributed by atoms with van der Waals surface area (Å²) in [4.78, 5) is 4.28. The number of hydrogen-bond donors (Lipinski definition) is 0. The van der Waals surface area contributed by atoms with Crippen molar-refractivity contribution in [3.05, 3.63) is 50.6 Å². The molecule has 0 N–H and O–H groups in total. The zero-order valence-electron chi connectivity index (χ0n) is 9.86. The summed E-state index contributed by atoms with van der Waals surface area (Å²) >= 11 is 8.25. The Kier molecular flexibility index (Phi) is 3.18. The number of fused-ring (bicyclic) bond motifs is 1. The Morgan fingerprint density at radius 1 is 1.26 bits per heavy atom. The van der Waals surface area contributed by atoms with Gasteiger partial charge in [0.2, 0.25) is 0 Å². The first-order valence-electron chi connectivity index (χ1n) is 5.53. The van der Waals surface area contributed by atoms with Crippen LogP contribution in [0.25, 0.3) is 16.9 Å². The SMILES string of the molecule is Cc1nn2c(-c3ccc(F)cc3)cc(Cl)nc2c1I. The molecular formula is C13H8ClFIN3. The minimum absolute atomic E-state index is 0.272. The van der Waals surface area contributed by atoms with Crippen LogP contribution in [0.2, 0.25) is 5.15 Å². The maximum absolute atomic E-state index is 13.0. The first-order valence-corrected chi connectivity index (χ1v) is 6.99. The molecule has 0 unspecified atom stereocenters. The Hall–Kier alpha value is -1.21. The second-order valence-electron chi connectivity index (χ2n) is 4.11. The highest BCUT2D eigenvalue weighted by Crippen LogP contribution is 2.26. The van der Waals surface area contributed by atoms with Gasteiger partial charge in [0.1, 0.15) is 11.0 Å². The lowest BCUT2D eigenvalue weighted by Gasteiger charge is -2.05. The Morgan fingerprint density at radius 3 is 2.63 bits per heavy atom. The minimum Gasteiger partial charge on any atom is -0.216 e. The maximum atomic E-state index is 13.0. The van der Waals surface area contributed by atoms with E-state index in [9.17, 15) is 4.39 Å². The lowest BCUT2D eigenvalue weighted by molar-refractivity contribution is 0.628. The van der Waals surface area contributed by atoms with Crippen molar-refractivity contribution >= 4 is 39.8 Å². The molecule has 0 spiro atoms. The van der Waals surface area contributed by atoms with Gasteiger partial charge in [-0.2, -0.15) is 5.10 Å². The monoisotopic (exact) mass is 387 g/mol. The summed E-state index contributed by atoms with van der Waals surface area (Å²) in [6.45, 7) is 1.92. The van der Waals surface area contributed by atoms with Crippen LogP contribution in [0, 0.1) is 16.3 Å². The Balaban J connectivity index is 2.34. The van der Waals surface area contributed by atoms with Gasteiger partial charge in [0, 0.05) is 11.6 Å². The summed E-state index contributed by atoms with van der Waals surface area (Å²) in [5.41, 5.74) is 3.24. The standard InChI is InChI=1S/C13H8ClFIN3/c1-7-12(16)13-17-11(14)6-10(19(13)18-7)8-2-4-9(15)5-3-8/h2-6H,1H3. The fraction of sp³-hybridized carbons (Fsp3) is 0.0769. The molecule has 0 aliphatic carbocycles. The van der Waals surface area contributed by atoms with E-state index in [1.807, 2.05) is 6.92 Å². The molecule has 1 aromatic carbocycles. The number of benzene rings is 1. The van der Waals surface area contributed by atoms with Crippen LogP contribution in [0.1, 0.15) is 5.69 Å². The van der Waals surface area contributed by atoms with E-state index in [2.05, 4.69) is 32.7 Å². The van der Waals surface area contributed by atoms with Gasteiger partial charge < -0.3 is 0 Å². The molecule has 3 nitrogen and oxygen atoms in total. The van der Waals surface area contributed by atoms with E-state index >= 15 is 0 Å². The molecule has 3 aromatic rings. The summed E-state index contributed by atoms with van der Waals surface area (Å²) in [5, 5.41) is 4.84. The van der Waals surface area contributed by atoms with E-state index in [1.54, 1.807) is 22.7 Å². The Bertz CT molecular complexity index is 768. The molecule has 96 valence electrons. The molecule has 2 aromatic heterocycles. The first kappa shape index (κ1) is 12.8. The number of nitrogens with zero attached hydrogens (tertiary/aromatic N) is 3. The molecule has 0 radical (unpaired) electrons. The molecule has 0 fully saturated rings. The second kappa shape index (κ2) is 4.72. The van der Waals surface area contributed by atoms with Crippen molar-refractivity contribution in [3.63, 3.8) is 0 Å². The topological polar surface area (TPSA) is 30.2 Å².